The average Bonchev–Trinajstić information content (AvgIpc) is 2.32. The zero-order chi connectivity index (χ0) is 13.3. The number of carbonyl (C=O) groups excluding carboxylic acids is 1. The van der Waals surface area contributed by atoms with Crippen molar-refractivity contribution in [2.24, 2.45) is 0 Å². The molecule has 0 bridgehead atoms. The fourth-order valence-electron chi connectivity index (χ4n) is 1.50. The summed E-state index contributed by atoms with van der Waals surface area (Å²) in [5.41, 5.74) is -0.171. The van der Waals surface area contributed by atoms with Crippen LogP contribution in [0.25, 0.3) is 0 Å². The summed E-state index contributed by atoms with van der Waals surface area (Å²) >= 11 is 11.6. The Morgan fingerprint density at radius 1 is 1.00 bits per heavy atom. The van der Waals surface area contributed by atoms with E-state index in [2.05, 4.69) is 0 Å². The van der Waals surface area contributed by atoms with Gasteiger partial charge in [-0.05, 0) is 24.3 Å². The van der Waals surface area contributed by atoms with Gasteiger partial charge in [0.15, 0.2) is 5.78 Å². The Morgan fingerprint density at radius 2 is 1.72 bits per heavy atom. The molecule has 92 valence electrons. The predicted octanol–water partition coefficient (Wildman–Crippen LogP) is 4.50. The summed E-state index contributed by atoms with van der Waals surface area (Å²) in [4.78, 5) is 12.0. The smallest absolute Gasteiger partial charge is 0.197 e. The molecule has 5 heteroatoms. The zero-order valence-corrected chi connectivity index (χ0v) is 10.4. The maximum absolute atomic E-state index is 13.5. The molecule has 0 unspecified atom stereocenters. The van der Waals surface area contributed by atoms with Crippen molar-refractivity contribution < 1.29 is 13.6 Å². The third-order valence-corrected chi connectivity index (χ3v) is 3.19. The Balaban J connectivity index is 2.51. The largest absolute Gasteiger partial charge is 0.288 e. The van der Waals surface area contributed by atoms with E-state index in [4.69, 9.17) is 23.2 Å². The molecule has 0 radical (unpaired) electrons. The van der Waals surface area contributed by atoms with Gasteiger partial charge in [0, 0.05) is 11.6 Å². The molecular weight excluding hydrogens is 281 g/mol. The molecule has 2 rings (SSSR count). The minimum Gasteiger partial charge on any atom is -0.288 e. The van der Waals surface area contributed by atoms with Crippen LogP contribution in [-0.4, -0.2) is 5.78 Å². The van der Waals surface area contributed by atoms with Crippen LogP contribution < -0.4 is 0 Å². The molecule has 0 N–H and O–H groups in total. The second kappa shape index (κ2) is 5.04. The molecule has 0 aromatic heterocycles. The highest BCUT2D eigenvalue weighted by Crippen LogP contribution is 2.28. The SMILES string of the molecule is O=C(c1ccc(F)cc1F)c1cccc(Cl)c1Cl. The van der Waals surface area contributed by atoms with Gasteiger partial charge in [-0.3, -0.25) is 4.79 Å². The molecule has 0 saturated carbocycles. The number of carbonyl (C=O) groups is 1. The second-order valence-electron chi connectivity index (χ2n) is 3.55. The normalized spacial score (nSPS) is 10.4. The Hall–Kier alpha value is -1.45. The van der Waals surface area contributed by atoms with E-state index < -0.39 is 17.4 Å². The Bertz CT molecular complexity index is 626. The third-order valence-electron chi connectivity index (χ3n) is 2.37. The van der Waals surface area contributed by atoms with Crippen molar-refractivity contribution in [1.29, 1.82) is 0 Å². The monoisotopic (exact) mass is 286 g/mol. The van der Waals surface area contributed by atoms with E-state index >= 15 is 0 Å². The molecule has 0 aliphatic rings. The highest BCUT2D eigenvalue weighted by atomic mass is 35.5. The summed E-state index contributed by atoms with van der Waals surface area (Å²) in [6.07, 6.45) is 0. The lowest BCUT2D eigenvalue weighted by Crippen LogP contribution is -2.05. The van der Waals surface area contributed by atoms with E-state index in [1.807, 2.05) is 0 Å². The number of hydrogen-bond acceptors (Lipinski definition) is 1. The van der Waals surface area contributed by atoms with Crippen LogP contribution in [0.2, 0.25) is 10.0 Å². The van der Waals surface area contributed by atoms with Crippen LogP contribution in [0.4, 0.5) is 8.78 Å². The predicted molar refractivity (Wildman–Crippen MR) is 66.3 cm³/mol. The van der Waals surface area contributed by atoms with E-state index in [1.54, 1.807) is 0 Å². The lowest BCUT2D eigenvalue weighted by molar-refractivity contribution is 0.103. The maximum atomic E-state index is 13.5. The molecule has 0 heterocycles. The van der Waals surface area contributed by atoms with Gasteiger partial charge in [-0.25, -0.2) is 8.78 Å². The number of ketones is 1. The van der Waals surface area contributed by atoms with Gasteiger partial charge in [0.1, 0.15) is 11.6 Å². The first-order chi connectivity index (χ1) is 8.50. The van der Waals surface area contributed by atoms with E-state index in [1.165, 1.54) is 18.2 Å². The highest BCUT2D eigenvalue weighted by Gasteiger charge is 2.18. The van der Waals surface area contributed by atoms with Gasteiger partial charge >= 0.3 is 0 Å². The van der Waals surface area contributed by atoms with Crippen LogP contribution in [0.15, 0.2) is 36.4 Å². The number of rotatable bonds is 2. The first kappa shape index (κ1) is 13.0. The van der Waals surface area contributed by atoms with Crippen LogP contribution >= 0.6 is 23.2 Å². The van der Waals surface area contributed by atoms with Crippen molar-refractivity contribution in [2.45, 2.75) is 0 Å². The lowest BCUT2D eigenvalue weighted by Gasteiger charge is -2.06. The standard InChI is InChI=1S/C13H6Cl2F2O/c14-10-3-1-2-9(12(10)15)13(18)8-5-4-7(16)6-11(8)17/h1-6H. The van der Waals surface area contributed by atoms with E-state index in [-0.39, 0.29) is 21.2 Å². The molecule has 1 nitrogen and oxygen atoms in total. The molecule has 0 aliphatic carbocycles. The van der Waals surface area contributed by atoms with Crippen LogP contribution in [0.1, 0.15) is 15.9 Å². The summed E-state index contributed by atoms with van der Waals surface area (Å²) in [6.45, 7) is 0. The molecule has 0 saturated heterocycles. The van der Waals surface area contributed by atoms with Crippen molar-refractivity contribution in [1.82, 2.24) is 0 Å². The molecule has 0 spiro atoms. The molecule has 0 atom stereocenters. The van der Waals surface area contributed by atoms with Crippen molar-refractivity contribution in [2.75, 3.05) is 0 Å². The van der Waals surface area contributed by atoms with Crippen molar-refractivity contribution in [3.8, 4) is 0 Å². The minimum atomic E-state index is -0.934. The first-order valence-corrected chi connectivity index (χ1v) is 5.70. The van der Waals surface area contributed by atoms with E-state index in [0.29, 0.717) is 6.07 Å². The van der Waals surface area contributed by atoms with Crippen LogP contribution in [0, 0.1) is 11.6 Å². The molecular formula is C13H6Cl2F2O. The molecule has 2 aromatic rings. The van der Waals surface area contributed by atoms with Gasteiger partial charge in [-0.2, -0.15) is 0 Å². The van der Waals surface area contributed by atoms with Gasteiger partial charge in [0.2, 0.25) is 0 Å². The Kier molecular flexibility index (Phi) is 3.64. The van der Waals surface area contributed by atoms with Crippen LogP contribution in [-0.2, 0) is 0 Å². The third kappa shape index (κ3) is 2.37. The molecule has 2 aromatic carbocycles. The Labute approximate surface area is 112 Å². The van der Waals surface area contributed by atoms with E-state index in [0.717, 1.165) is 12.1 Å². The average molecular weight is 287 g/mol. The molecule has 0 amide bonds. The zero-order valence-electron chi connectivity index (χ0n) is 8.88. The highest BCUT2D eigenvalue weighted by molar-refractivity contribution is 6.44. The maximum Gasteiger partial charge on any atom is 0.197 e. The number of halogens is 4. The Morgan fingerprint density at radius 3 is 2.39 bits per heavy atom. The molecule has 0 fully saturated rings. The van der Waals surface area contributed by atoms with Gasteiger partial charge in [-0.1, -0.05) is 29.3 Å². The summed E-state index contributed by atoms with van der Waals surface area (Å²) in [7, 11) is 0. The summed E-state index contributed by atoms with van der Waals surface area (Å²) < 4.78 is 26.2. The summed E-state index contributed by atoms with van der Waals surface area (Å²) in [5.74, 6) is -2.32. The summed E-state index contributed by atoms with van der Waals surface area (Å²) in [6, 6.07) is 7.20. The fraction of sp³-hybridized carbons (Fsp3) is 0. The number of benzene rings is 2. The molecule has 0 aliphatic heterocycles. The van der Waals surface area contributed by atoms with Gasteiger partial charge in [-0.15, -0.1) is 0 Å². The minimum absolute atomic E-state index is 0.0490. The van der Waals surface area contributed by atoms with E-state index in [9.17, 15) is 13.6 Å². The van der Waals surface area contributed by atoms with Crippen molar-refractivity contribution in [3.63, 3.8) is 0 Å². The van der Waals surface area contributed by atoms with Gasteiger partial charge < -0.3 is 0 Å². The van der Waals surface area contributed by atoms with Gasteiger partial charge in [0.05, 0.1) is 15.6 Å². The van der Waals surface area contributed by atoms with Crippen LogP contribution in [0.5, 0.6) is 0 Å². The quantitative estimate of drug-likeness (QED) is 0.743. The van der Waals surface area contributed by atoms with Crippen molar-refractivity contribution in [3.05, 3.63) is 69.2 Å². The first-order valence-electron chi connectivity index (χ1n) is 4.94. The van der Waals surface area contributed by atoms with Gasteiger partial charge in [0.25, 0.3) is 0 Å². The lowest BCUT2D eigenvalue weighted by atomic mass is 10.0. The topological polar surface area (TPSA) is 17.1 Å². The van der Waals surface area contributed by atoms with Crippen LogP contribution in [0.3, 0.4) is 0 Å². The second-order valence-corrected chi connectivity index (χ2v) is 4.34. The number of hydrogen-bond donors (Lipinski definition) is 0. The fourth-order valence-corrected chi connectivity index (χ4v) is 1.88. The summed E-state index contributed by atoms with van der Waals surface area (Å²) in [5, 5.41) is 0.248. The molecule has 18 heavy (non-hydrogen) atoms. The van der Waals surface area contributed by atoms with Crippen molar-refractivity contribution >= 4 is 29.0 Å².